The highest BCUT2D eigenvalue weighted by Gasteiger charge is 2.17. The number of carbonyl (C=O) groups is 1. The summed E-state index contributed by atoms with van der Waals surface area (Å²) in [5, 5.41) is 7.76. The lowest BCUT2D eigenvalue weighted by Crippen LogP contribution is -2.32. The van der Waals surface area contributed by atoms with Crippen LogP contribution in [0.2, 0.25) is 0 Å². The van der Waals surface area contributed by atoms with Crippen molar-refractivity contribution in [3.8, 4) is 0 Å². The largest absolute Gasteiger partial charge is 0.297 e. The lowest BCUT2D eigenvalue weighted by molar-refractivity contribution is -0.0945. The van der Waals surface area contributed by atoms with Crippen LogP contribution >= 0.6 is 0 Å². The van der Waals surface area contributed by atoms with Crippen LogP contribution in [-0.2, 0) is 11.3 Å². The van der Waals surface area contributed by atoms with Crippen molar-refractivity contribution in [3.63, 3.8) is 0 Å². The van der Waals surface area contributed by atoms with Gasteiger partial charge in [-0.05, 0) is 18.1 Å². The van der Waals surface area contributed by atoms with Crippen molar-refractivity contribution in [1.29, 1.82) is 0 Å². The van der Waals surface area contributed by atoms with Crippen LogP contribution in [0.3, 0.4) is 0 Å². The van der Waals surface area contributed by atoms with Gasteiger partial charge in [-0.2, -0.15) is 5.10 Å². The first-order chi connectivity index (χ1) is 8.81. The Labute approximate surface area is 105 Å². The number of carbonyl (C=O) groups excluding carboxylic acids is 1. The molecule has 0 spiro atoms. The minimum atomic E-state index is -0.241. The molecule has 0 aliphatic heterocycles. The minimum Gasteiger partial charge on any atom is -0.285 e. The number of nitrogens with one attached hydrogen (secondary N) is 1. The molecule has 0 bridgehead atoms. The Morgan fingerprint density at radius 3 is 2.72 bits per heavy atom. The highest BCUT2D eigenvalue weighted by atomic mass is 16.7. The molecule has 1 heterocycles. The molecule has 0 aliphatic carbocycles. The van der Waals surface area contributed by atoms with Crippen molar-refractivity contribution in [3.05, 3.63) is 53.9 Å². The van der Waals surface area contributed by atoms with Crippen LogP contribution in [0.25, 0.3) is 0 Å². The predicted octanol–water partition coefficient (Wildman–Crippen LogP) is 1.66. The second kappa shape index (κ2) is 5.97. The zero-order valence-electron chi connectivity index (χ0n) is 10.2. The lowest BCUT2D eigenvalue weighted by atomic mass is 10.1. The Hall–Kier alpha value is -2.14. The van der Waals surface area contributed by atoms with E-state index in [1.807, 2.05) is 30.3 Å². The molecular weight excluding hydrogens is 230 g/mol. The van der Waals surface area contributed by atoms with Gasteiger partial charge in [0.05, 0.1) is 13.7 Å². The van der Waals surface area contributed by atoms with Crippen LogP contribution in [-0.4, -0.2) is 34.8 Å². The molecule has 0 saturated carbocycles. The average molecular weight is 245 g/mol. The molecule has 18 heavy (non-hydrogen) atoms. The molecule has 5 nitrogen and oxygen atoms in total. The van der Waals surface area contributed by atoms with Crippen LogP contribution in [0.4, 0.5) is 0 Å². The summed E-state index contributed by atoms with van der Waals surface area (Å²) in [5.41, 5.74) is 1.51. The monoisotopic (exact) mass is 245 g/mol. The van der Waals surface area contributed by atoms with E-state index in [0.717, 1.165) is 12.0 Å². The van der Waals surface area contributed by atoms with Crippen LogP contribution in [0.1, 0.15) is 16.1 Å². The molecule has 0 aliphatic rings. The maximum absolute atomic E-state index is 12.0. The van der Waals surface area contributed by atoms with Gasteiger partial charge >= 0.3 is 0 Å². The van der Waals surface area contributed by atoms with Crippen molar-refractivity contribution in [2.75, 3.05) is 13.7 Å². The van der Waals surface area contributed by atoms with Crippen molar-refractivity contribution < 1.29 is 9.63 Å². The number of rotatable bonds is 5. The van der Waals surface area contributed by atoms with E-state index in [2.05, 4.69) is 10.2 Å². The molecule has 0 atom stereocenters. The van der Waals surface area contributed by atoms with Crippen molar-refractivity contribution in [2.45, 2.75) is 6.42 Å². The second-order valence-corrected chi connectivity index (χ2v) is 3.78. The molecule has 0 saturated heterocycles. The highest BCUT2D eigenvalue weighted by molar-refractivity contribution is 5.91. The molecule has 0 fully saturated rings. The van der Waals surface area contributed by atoms with Crippen molar-refractivity contribution >= 4 is 5.91 Å². The molecule has 2 aromatic rings. The van der Waals surface area contributed by atoms with Crippen LogP contribution in [0, 0.1) is 0 Å². The Morgan fingerprint density at radius 2 is 2.11 bits per heavy atom. The van der Waals surface area contributed by atoms with Gasteiger partial charge in [0.1, 0.15) is 0 Å². The number of benzene rings is 1. The van der Waals surface area contributed by atoms with E-state index in [0.29, 0.717) is 12.2 Å². The molecule has 0 radical (unpaired) electrons. The lowest BCUT2D eigenvalue weighted by Gasteiger charge is -2.18. The summed E-state index contributed by atoms with van der Waals surface area (Å²) in [5.74, 6) is -0.241. The molecular formula is C13H15N3O2. The maximum Gasteiger partial charge on any atom is 0.297 e. The molecule has 1 amide bonds. The van der Waals surface area contributed by atoms with Gasteiger partial charge in [-0.1, -0.05) is 30.3 Å². The number of hydroxylamine groups is 2. The standard InChI is InChI=1S/C13H15N3O2/c1-18-16(13(17)12-7-9-14-15-12)10-8-11-5-3-2-4-6-11/h2-7,9H,8,10H2,1H3,(H,14,15). The minimum absolute atomic E-state index is 0.241. The quantitative estimate of drug-likeness (QED) is 0.815. The van der Waals surface area contributed by atoms with E-state index in [1.165, 1.54) is 12.2 Å². The number of hydrogen-bond acceptors (Lipinski definition) is 3. The zero-order valence-corrected chi connectivity index (χ0v) is 10.2. The third-order valence-electron chi connectivity index (χ3n) is 2.61. The maximum atomic E-state index is 12.0. The van der Waals surface area contributed by atoms with Gasteiger partial charge in [-0.25, -0.2) is 5.06 Å². The van der Waals surface area contributed by atoms with E-state index in [4.69, 9.17) is 4.84 Å². The fourth-order valence-corrected chi connectivity index (χ4v) is 1.66. The second-order valence-electron chi connectivity index (χ2n) is 3.78. The van der Waals surface area contributed by atoms with Gasteiger partial charge in [-0.3, -0.25) is 14.7 Å². The Morgan fingerprint density at radius 1 is 1.33 bits per heavy atom. The number of H-pyrrole nitrogens is 1. The van der Waals surface area contributed by atoms with Gasteiger partial charge in [0, 0.05) is 6.20 Å². The van der Waals surface area contributed by atoms with E-state index >= 15 is 0 Å². The molecule has 0 unspecified atom stereocenters. The van der Waals surface area contributed by atoms with E-state index in [-0.39, 0.29) is 5.91 Å². The third-order valence-corrected chi connectivity index (χ3v) is 2.61. The SMILES string of the molecule is CON(CCc1ccccc1)C(=O)c1cc[nH]n1. The smallest absolute Gasteiger partial charge is 0.285 e. The summed E-state index contributed by atoms with van der Waals surface area (Å²) in [6.07, 6.45) is 2.35. The van der Waals surface area contributed by atoms with Gasteiger partial charge < -0.3 is 0 Å². The number of aromatic nitrogens is 2. The average Bonchev–Trinajstić information content (AvgIpc) is 2.94. The van der Waals surface area contributed by atoms with Gasteiger partial charge in [0.15, 0.2) is 5.69 Å². The molecule has 94 valence electrons. The van der Waals surface area contributed by atoms with E-state index < -0.39 is 0 Å². The molecule has 1 aromatic heterocycles. The van der Waals surface area contributed by atoms with Crippen LogP contribution in [0.15, 0.2) is 42.6 Å². The van der Waals surface area contributed by atoms with Crippen LogP contribution in [0.5, 0.6) is 0 Å². The Bertz CT molecular complexity index is 482. The van der Waals surface area contributed by atoms with E-state index in [9.17, 15) is 4.79 Å². The third kappa shape index (κ3) is 2.95. The summed E-state index contributed by atoms with van der Waals surface area (Å²) in [4.78, 5) is 17.1. The first-order valence-corrected chi connectivity index (χ1v) is 5.71. The van der Waals surface area contributed by atoms with Crippen molar-refractivity contribution in [1.82, 2.24) is 15.3 Å². The number of amides is 1. The van der Waals surface area contributed by atoms with Crippen LogP contribution < -0.4 is 0 Å². The topological polar surface area (TPSA) is 58.2 Å². The summed E-state index contributed by atoms with van der Waals surface area (Å²) < 4.78 is 0. The zero-order chi connectivity index (χ0) is 12.8. The number of nitrogens with zero attached hydrogens (tertiary/aromatic N) is 2. The van der Waals surface area contributed by atoms with Gasteiger partial charge in [-0.15, -0.1) is 0 Å². The fourth-order valence-electron chi connectivity index (χ4n) is 1.66. The Balaban J connectivity index is 1.96. The molecule has 1 aromatic carbocycles. The summed E-state index contributed by atoms with van der Waals surface area (Å²) in [7, 11) is 1.48. The number of aromatic amines is 1. The predicted molar refractivity (Wildman–Crippen MR) is 66.8 cm³/mol. The molecule has 2 rings (SSSR count). The normalized spacial score (nSPS) is 10.3. The fraction of sp³-hybridized carbons (Fsp3) is 0.231. The molecule has 5 heteroatoms. The Kier molecular flexibility index (Phi) is 4.09. The summed E-state index contributed by atoms with van der Waals surface area (Å²) in [6.45, 7) is 0.492. The highest BCUT2D eigenvalue weighted by Crippen LogP contribution is 2.05. The first kappa shape index (κ1) is 12.3. The molecule has 1 N–H and O–H groups in total. The summed E-state index contributed by atoms with van der Waals surface area (Å²) in [6, 6.07) is 11.6. The van der Waals surface area contributed by atoms with Gasteiger partial charge in [0.25, 0.3) is 5.91 Å². The number of hydrogen-bond donors (Lipinski definition) is 1. The summed E-state index contributed by atoms with van der Waals surface area (Å²) >= 11 is 0. The van der Waals surface area contributed by atoms with E-state index in [1.54, 1.807) is 12.3 Å². The van der Waals surface area contributed by atoms with Crippen molar-refractivity contribution in [2.24, 2.45) is 0 Å². The van der Waals surface area contributed by atoms with Gasteiger partial charge in [0.2, 0.25) is 0 Å². The first-order valence-electron chi connectivity index (χ1n) is 5.71.